The molecule has 3 rings (SSSR count). The number of aromatic nitrogens is 2. The zero-order valence-electron chi connectivity index (χ0n) is 13.9. The Labute approximate surface area is 158 Å². The molecule has 0 aliphatic heterocycles. The van der Waals surface area contributed by atoms with Gasteiger partial charge >= 0.3 is 13.8 Å². The number of benzene rings is 2. The number of nitrogens with zero attached hydrogens (tertiary/aromatic N) is 1. The van der Waals surface area contributed by atoms with Gasteiger partial charge in [0.05, 0.1) is 23.2 Å². The quantitative estimate of drug-likeness (QED) is 0.551. The molecule has 3 aromatic rings. The van der Waals surface area contributed by atoms with Crippen LogP contribution in [0.25, 0.3) is 23.2 Å². The summed E-state index contributed by atoms with van der Waals surface area (Å²) in [5.74, 6) is -0.156. The number of aromatic amines is 1. The maximum atomic E-state index is 11.9. The summed E-state index contributed by atoms with van der Waals surface area (Å²) in [6.45, 7) is 0. The first-order chi connectivity index (χ1) is 12.8. The Kier molecular flexibility index (Phi) is 5.34. The van der Waals surface area contributed by atoms with Gasteiger partial charge < -0.3 is 14.2 Å². The molecule has 10 heteroatoms. The van der Waals surface area contributed by atoms with Crippen LogP contribution in [0.4, 0.5) is 0 Å². The second-order valence-electron chi connectivity index (χ2n) is 5.42. The molecule has 0 spiro atoms. The minimum Gasteiger partial charge on any atom is -0.495 e. The molecule has 140 valence electrons. The molecular formula is C17H14ClN2O6P. The van der Waals surface area contributed by atoms with Gasteiger partial charge in [0.25, 0.3) is 0 Å². The van der Waals surface area contributed by atoms with E-state index in [9.17, 15) is 9.36 Å². The van der Waals surface area contributed by atoms with Gasteiger partial charge in [-0.1, -0.05) is 29.8 Å². The maximum Gasteiger partial charge on any atom is 0.527 e. The van der Waals surface area contributed by atoms with Crippen molar-refractivity contribution in [2.24, 2.45) is 0 Å². The number of nitrogens with one attached hydrogen (secondary N) is 1. The molecule has 0 unspecified atom stereocenters. The van der Waals surface area contributed by atoms with Crippen molar-refractivity contribution < 1.29 is 28.4 Å². The number of phosphoric acid groups is 1. The number of methoxy groups -OCH3 is 1. The van der Waals surface area contributed by atoms with Crippen LogP contribution in [0.2, 0.25) is 5.02 Å². The number of para-hydroxylation sites is 1. The number of rotatable bonds is 5. The maximum absolute atomic E-state index is 11.9. The van der Waals surface area contributed by atoms with E-state index >= 15 is 0 Å². The normalized spacial score (nSPS) is 11.9. The fourth-order valence-electron chi connectivity index (χ4n) is 2.41. The number of ether oxygens (including phenoxy) is 1. The number of carbonyl (C=O) groups excluding carboxylic acids is 1. The summed E-state index contributed by atoms with van der Waals surface area (Å²) in [6.07, 6.45) is 3.44. The smallest absolute Gasteiger partial charge is 0.495 e. The van der Waals surface area contributed by atoms with Crippen LogP contribution >= 0.6 is 19.4 Å². The van der Waals surface area contributed by atoms with Crippen molar-refractivity contribution in [3.8, 4) is 5.75 Å². The highest BCUT2D eigenvalue weighted by atomic mass is 35.5. The van der Waals surface area contributed by atoms with Crippen molar-refractivity contribution in [1.29, 1.82) is 0 Å². The predicted octanol–water partition coefficient (Wildman–Crippen LogP) is 3.64. The zero-order valence-corrected chi connectivity index (χ0v) is 15.6. The van der Waals surface area contributed by atoms with Crippen LogP contribution in [0.15, 0.2) is 36.4 Å². The van der Waals surface area contributed by atoms with Crippen molar-refractivity contribution in [2.75, 3.05) is 7.11 Å². The molecule has 0 aliphatic rings. The van der Waals surface area contributed by atoms with E-state index in [1.54, 1.807) is 36.4 Å². The van der Waals surface area contributed by atoms with Crippen LogP contribution in [0.3, 0.4) is 0 Å². The highest BCUT2D eigenvalue weighted by molar-refractivity contribution is 7.46. The van der Waals surface area contributed by atoms with E-state index in [4.69, 9.17) is 26.1 Å². The van der Waals surface area contributed by atoms with Gasteiger partial charge in [-0.15, -0.1) is 0 Å². The van der Waals surface area contributed by atoms with Crippen molar-refractivity contribution in [2.45, 2.75) is 0 Å². The first-order valence-corrected chi connectivity index (χ1v) is 9.47. The minimum atomic E-state index is -4.95. The average molecular weight is 409 g/mol. The molecule has 0 aliphatic carbocycles. The van der Waals surface area contributed by atoms with E-state index < -0.39 is 13.8 Å². The molecule has 0 saturated heterocycles. The lowest BCUT2D eigenvalue weighted by Gasteiger charge is -2.05. The summed E-state index contributed by atoms with van der Waals surface area (Å²) in [7, 11) is -3.42. The number of halogens is 1. The summed E-state index contributed by atoms with van der Waals surface area (Å²) in [5, 5.41) is 0.465. The van der Waals surface area contributed by atoms with Crippen LogP contribution in [0, 0.1) is 0 Å². The Balaban J connectivity index is 1.91. The van der Waals surface area contributed by atoms with Gasteiger partial charge in [0, 0.05) is 0 Å². The van der Waals surface area contributed by atoms with Crippen molar-refractivity contribution >= 4 is 48.6 Å². The van der Waals surface area contributed by atoms with Gasteiger partial charge in [0.15, 0.2) is 0 Å². The molecular weight excluding hydrogens is 395 g/mol. The molecule has 0 radical (unpaired) electrons. The SMILES string of the molecule is COc1ccc(/C=C/c2nc3c(C(=O)OP(=O)(O)O)cccc3[nH]2)cc1Cl. The molecule has 0 bridgehead atoms. The molecule has 1 aromatic heterocycles. The van der Waals surface area contributed by atoms with Crippen molar-refractivity contribution in [3.63, 3.8) is 0 Å². The van der Waals surface area contributed by atoms with E-state index in [0.717, 1.165) is 5.56 Å². The van der Waals surface area contributed by atoms with Crippen LogP contribution < -0.4 is 4.74 Å². The second kappa shape index (κ2) is 7.54. The van der Waals surface area contributed by atoms with E-state index in [-0.39, 0.29) is 11.1 Å². The third-order valence-corrected chi connectivity index (χ3v) is 4.26. The average Bonchev–Trinajstić information content (AvgIpc) is 3.01. The van der Waals surface area contributed by atoms with Gasteiger partial charge in [-0.3, -0.25) is 9.79 Å². The first kappa shape index (κ1) is 19.1. The number of H-pyrrole nitrogens is 1. The summed E-state index contributed by atoms with van der Waals surface area (Å²) in [5.41, 5.74) is 1.51. The van der Waals surface area contributed by atoms with Gasteiger partial charge in [-0.05, 0) is 35.9 Å². The lowest BCUT2D eigenvalue weighted by atomic mass is 10.2. The number of hydrogen-bond donors (Lipinski definition) is 3. The van der Waals surface area contributed by atoms with Gasteiger partial charge in [0.2, 0.25) is 0 Å². The summed E-state index contributed by atoms with van der Waals surface area (Å²) < 4.78 is 20.1. The van der Waals surface area contributed by atoms with E-state index in [0.29, 0.717) is 22.1 Å². The minimum absolute atomic E-state index is 0.0563. The van der Waals surface area contributed by atoms with Gasteiger partial charge in [0.1, 0.15) is 17.1 Å². The van der Waals surface area contributed by atoms with Crippen molar-refractivity contribution in [3.05, 3.63) is 58.4 Å². The molecule has 3 N–H and O–H groups in total. The van der Waals surface area contributed by atoms with E-state index in [2.05, 4.69) is 14.5 Å². The van der Waals surface area contributed by atoms with E-state index in [1.807, 2.05) is 6.07 Å². The van der Waals surface area contributed by atoms with Crippen LogP contribution in [-0.4, -0.2) is 32.8 Å². The zero-order chi connectivity index (χ0) is 19.6. The number of imidazole rings is 1. The van der Waals surface area contributed by atoms with Gasteiger partial charge in [-0.2, -0.15) is 0 Å². The molecule has 0 amide bonds. The first-order valence-electron chi connectivity index (χ1n) is 7.56. The Morgan fingerprint density at radius 3 is 2.70 bits per heavy atom. The Bertz CT molecular complexity index is 1090. The number of carbonyl (C=O) groups is 1. The monoisotopic (exact) mass is 408 g/mol. The molecule has 27 heavy (non-hydrogen) atoms. The highest BCUT2D eigenvalue weighted by Gasteiger charge is 2.24. The lowest BCUT2D eigenvalue weighted by Crippen LogP contribution is -2.03. The number of phosphoric ester groups is 1. The number of hydrogen-bond acceptors (Lipinski definition) is 5. The second-order valence-corrected chi connectivity index (χ2v) is 6.99. The lowest BCUT2D eigenvalue weighted by molar-refractivity contribution is 0.0680. The Morgan fingerprint density at radius 2 is 2.04 bits per heavy atom. The molecule has 1 heterocycles. The largest absolute Gasteiger partial charge is 0.527 e. The van der Waals surface area contributed by atoms with Crippen LogP contribution in [0.5, 0.6) is 5.75 Å². The molecule has 0 saturated carbocycles. The van der Waals surface area contributed by atoms with E-state index in [1.165, 1.54) is 13.2 Å². The van der Waals surface area contributed by atoms with Crippen LogP contribution in [0.1, 0.15) is 21.7 Å². The van der Waals surface area contributed by atoms with Crippen LogP contribution in [-0.2, 0) is 9.09 Å². The molecule has 0 fully saturated rings. The predicted molar refractivity (Wildman–Crippen MR) is 100 cm³/mol. The number of fused-ring (bicyclic) bond motifs is 1. The fourth-order valence-corrected chi connectivity index (χ4v) is 2.99. The third kappa shape index (κ3) is 4.56. The summed E-state index contributed by atoms with van der Waals surface area (Å²) in [6, 6.07) is 9.87. The van der Waals surface area contributed by atoms with Gasteiger partial charge in [-0.25, -0.2) is 14.3 Å². The molecule has 2 aromatic carbocycles. The Morgan fingerprint density at radius 1 is 1.26 bits per heavy atom. The summed E-state index contributed by atoms with van der Waals surface area (Å²) >= 11 is 6.09. The highest BCUT2D eigenvalue weighted by Crippen LogP contribution is 2.37. The molecule has 8 nitrogen and oxygen atoms in total. The standard InChI is InChI=1S/C17H14ClN2O6P/c1-25-14-7-5-10(9-12(14)18)6-8-15-19-13-4-2-3-11(16(13)20-15)17(21)26-27(22,23)24/h2-9H,1H3,(H,19,20)(H2,22,23,24)/b8-6+. The summed E-state index contributed by atoms with van der Waals surface area (Å²) in [4.78, 5) is 36.8. The Hall–Kier alpha value is -2.64. The fraction of sp³-hybridized carbons (Fsp3) is 0.0588. The van der Waals surface area contributed by atoms with Crippen molar-refractivity contribution in [1.82, 2.24) is 9.97 Å². The topological polar surface area (TPSA) is 122 Å². The molecule has 0 atom stereocenters. The third-order valence-electron chi connectivity index (χ3n) is 3.56.